The molecule has 0 aliphatic heterocycles. The molecule has 2 aromatic heterocycles. The summed E-state index contributed by atoms with van der Waals surface area (Å²) in [7, 11) is 0. The predicted octanol–water partition coefficient (Wildman–Crippen LogP) is 5.52. The molecule has 162 valence electrons. The zero-order valence-electron chi connectivity index (χ0n) is 17.2. The maximum Gasteiger partial charge on any atom is 0.261 e. The normalized spacial score (nSPS) is 10.9. The Morgan fingerprint density at radius 2 is 1.84 bits per heavy atom. The van der Waals surface area contributed by atoms with Gasteiger partial charge in [-0.25, -0.2) is 4.98 Å². The first kappa shape index (κ1) is 21.8. The average molecular weight is 469 g/mol. The molecule has 0 atom stereocenters. The SMILES string of the molecule is CCc1cc(=O)[nH]c(-c2cccc(NC(=O)c3c(-c4c(Cl)cccc4Cl)noc3C)c2)n1. The van der Waals surface area contributed by atoms with Crippen LogP contribution >= 0.6 is 23.2 Å². The Hall–Kier alpha value is -3.42. The van der Waals surface area contributed by atoms with Gasteiger partial charge in [-0.3, -0.25) is 9.59 Å². The average Bonchev–Trinajstić information content (AvgIpc) is 3.14. The molecule has 1 amide bonds. The van der Waals surface area contributed by atoms with Crippen molar-refractivity contribution in [2.45, 2.75) is 20.3 Å². The minimum atomic E-state index is -0.435. The predicted molar refractivity (Wildman–Crippen MR) is 124 cm³/mol. The van der Waals surface area contributed by atoms with Crippen molar-refractivity contribution in [1.29, 1.82) is 0 Å². The lowest BCUT2D eigenvalue weighted by Gasteiger charge is -2.09. The van der Waals surface area contributed by atoms with Gasteiger partial charge in [-0.15, -0.1) is 0 Å². The van der Waals surface area contributed by atoms with Gasteiger partial charge >= 0.3 is 0 Å². The van der Waals surface area contributed by atoms with Gasteiger partial charge in [-0.05, 0) is 37.6 Å². The molecule has 0 saturated carbocycles. The van der Waals surface area contributed by atoms with Crippen molar-refractivity contribution in [3.8, 4) is 22.6 Å². The summed E-state index contributed by atoms with van der Waals surface area (Å²) >= 11 is 12.6. The Labute approximate surface area is 193 Å². The van der Waals surface area contributed by atoms with Gasteiger partial charge in [0.25, 0.3) is 11.5 Å². The van der Waals surface area contributed by atoms with Gasteiger partial charge in [0, 0.05) is 28.6 Å². The van der Waals surface area contributed by atoms with Gasteiger partial charge < -0.3 is 14.8 Å². The number of rotatable bonds is 5. The zero-order valence-corrected chi connectivity index (χ0v) is 18.7. The zero-order chi connectivity index (χ0) is 22.8. The third-order valence-electron chi connectivity index (χ3n) is 4.84. The summed E-state index contributed by atoms with van der Waals surface area (Å²) in [5.41, 5.74) is 2.52. The molecule has 2 aromatic carbocycles. The minimum Gasteiger partial charge on any atom is -0.360 e. The van der Waals surface area contributed by atoms with Crippen molar-refractivity contribution in [2.75, 3.05) is 5.32 Å². The van der Waals surface area contributed by atoms with Crippen LogP contribution in [0.25, 0.3) is 22.6 Å². The Bertz CT molecular complexity index is 1360. The highest BCUT2D eigenvalue weighted by atomic mass is 35.5. The number of amides is 1. The third-order valence-corrected chi connectivity index (χ3v) is 5.47. The fourth-order valence-corrected chi connectivity index (χ4v) is 3.87. The number of aryl methyl sites for hydroxylation is 2. The van der Waals surface area contributed by atoms with E-state index in [1.165, 1.54) is 6.07 Å². The van der Waals surface area contributed by atoms with Crippen LogP contribution in [0.5, 0.6) is 0 Å². The first-order valence-corrected chi connectivity index (χ1v) is 10.6. The van der Waals surface area contributed by atoms with E-state index in [1.54, 1.807) is 49.4 Å². The van der Waals surface area contributed by atoms with Crippen LogP contribution in [0.15, 0.2) is 57.8 Å². The van der Waals surface area contributed by atoms with E-state index in [0.717, 1.165) is 0 Å². The lowest BCUT2D eigenvalue weighted by Crippen LogP contribution is -2.14. The van der Waals surface area contributed by atoms with Gasteiger partial charge in [0.05, 0.1) is 10.0 Å². The van der Waals surface area contributed by atoms with Crippen molar-refractivity contribution < 1.29 is 9.32 Å². The molecule has 2 N–H and O–H groups in total. The molecule has 7 nitrogen and oxygen atoms in total. The number of anilines is 1. The Morgan fingerprint density at radius 3 is 2.56 bits per heavy atom. The molecule has 4 rings (SSSR count). The van der Waals surface area contributed by atoms with Crippen LogP contribution in [0.4, 0.5) is 5.69 Å². The highest BCUT2D eigenvalue weighted by Gasteiger charge is 2.25. The number of hydrogen-bond acceptors (Lipinski definition) is 5. The third kappa shape index (κ3) is 4.30. The van der Waals surface area contributed by atoms with E-state index in [4.69, 9.17) is 27.7 Å². The summed E-state index contributed by atoms with van der Waals surface area (Å²) in [6.45, 7) is 3.56. The van der Waals surface area contributed by atoms with Crippen LogP contribution in [0, 0.1) is 6.92 Å². The number of nitrogens with zero attached hydrogens (tertiary/aromatic N) is 2. The van der Waals surface area contributed by atoms with Crippen LogP contribution in [-0.2, 0) is 6.42 Å². The van der Waals surface area contributed by atoms with Crippen molar-refractivity contribution in [2.24, 2.45) is 0 Å². The maximum absolute atomic E-state index is 13.1. The van der Waals surface area contributed by atoms with E-state index in [9.17, 15) is 9.59 Å². The smallest absolute Gasteiger partial charge is 0.261 e. The van der Waals surface area contributed by atoms with Gasteiger partial charge in [-0.1, -0.05) is 53.5 Å². The quantitative estimate of drug-likeness (QED) is 0.401. The number of aromatic nitrogens is 3. The highest BCUT2D eigenvalue weighted by Crippen LogP contribution is 2.37. The molecule has 0 radical (unpaired) electrons. The molecule has 32 heavy (non-hydrogen) atoms. The van der Waals surface area contributed by atoms with Gasteiger partial charge in [0.1, 0.15) is 22.8 Å². The van der Waals surface area contributed by atoms with Crippen molar-refractivity contribution >= 4 is 34.8 Å². The summed E-state index contributed by atoms with van der Waals surface area (Å²) in [5.74, 6) is 0.317. The Morgan fingerprint density at radius 1 is 1.12 bits per heavy atom. The van der Waals surface area contributed by atoms with Crippen LogP contribution in [-0.4, -0.2) is 21.0 Å². The molecule has 0 aliphatic carbocycles. The summed E-state index contributed by atoms with van der Waals surface area (Å²) < 4.78 is 5.27. The number of benzene rings is 2. The number of aromatic amines is 1. The summed E-state index contributed by atoms with van der Waals surface area (Å²) in [5, 5.41) is 7.56. The fourth-order valence-electron chi connectivity index (χ4n) is 3.30. The van der Waals surface area contributed by atoms with Gasteiger partial charge in [0.15, 0.2) is 0 Å². The molecule has 0 bridgehead atoms. The molecule has 4 aromatic rings. The van der Waals surface area contributed by atoms with E-state index in [2.05, 4.69) is 20.4 Å². The van der Waals surface area contributed by atoms with Crippen LogP contribution in [0.2, 0.25) is 10.0 Å². The van der Waals surface area contributed by atoms with Crippen molar-refractivity contribution in [3.05, 3.63) is 85.9 Å². The summed E-state index contributed by atoms with van der Waals surface area (Å²) in [6.07, 6.45) is 0.632. The highest BCUT2D eigenvalue weighted by molar-refractivity contribution is 6.39. The number of carbonyl (C=O) groups is 1. The molecule has 0 unspecified atom stereocenters. The molecular formula is C23H18Cl2N4O3. The van der Waals surface area contributed by atoms with Crippen LogP contribution in [0.1, 0.15) is 28.7 Å². The molecule has 0 saturated heterocycles. The largest absolute Gasteiger partial charge is 0.360 e. The first-order valence-electron chi connectivity index (χ1n) is 9.80. The molecule has 0 spiro atoms. The van der Waals surface area contributed by atoms with Gasteiger partial charge in [0.2, 0.25) is 0 Å². The summed E-state index contributed by atoms with van der Waals surface area (Å²) in [6, 6.07) is 13.5. The monoisotopic (exact) mass is 468 g/mol. The van der Waals surface area contributed by atoms with E-state index in [0.29, 0.717) is 50.6 Å². The molecule has 0 aliphatic rings. The van der Waals surface area contributed by atoms with Crippen molar-refractivity contribution in [1.82, 2.24) is 15.1 Å². The number of carbonyl (C=O) groups excluding carboxylic acids is 1. The second kappa shape index (κ2) is 8.98. The Kier molecular flexibility index (Phi) is 6.12. The lowest BCUT2D eigenvalue weighted by atomic mass is 10.1. The topological polar surface area (TPSA) is 101 Å². The van der Waals surface area contributed by atoms with E-state index < -0.39 is 5.91 Å². The number of halogens is 2. The minimum absolute atomic E-state index is 0.227. The molecular weight excluding hydrogens is 451 g/mol. The summed E-state index contributed by atoms with van der Waals surface area (Å²) in [4.78, 5) is 32.2. The van der Waals surface area contributed by atoms with Gasteiger partial charge in [-0.2, -0.15) is 0 Å². The first-order chi connectivity index (χ1) is 15.4. The fraction of sp³-hybridized carbons (Fsp3) is 0.130. The Balaban J connectivity index is 1.68. The van der Waals surface area contributed by atoms with Crippen LogP contribution < -0.4 is 10.9 Å². The standard InChI is InChI=1S/C23H18Cl2N4O3/c1-3-14-11-18(30)28-22(26-14)13-6-4-7-15(10-13)27-23(31)19-12(2)32-29-21(19)20-16(24)8-5-9-17(20)25/h4-11H,3H2,1-2H3,(H,27,31)(H,26,28,30). The lowest BCUT2D eigenvalue weighted by molar-refractivity contribution is 0.102. The van der Waals surface area contributed by atoms with E-state index >= 15 is 0 Å². The second-order valence-electron chi connectivity index (χ2n) is 7.03. The molecule has 9 heteroatoms. The second-order valence-corrected chi connectivity index (χ2v) is 7.85. The number of H-pyrrole nitrogens is 1. The molecule has 2 heterocycles. The van der Waals surface area contributed by atoms with Crippen LogP contribution in [0.3, 0.4) is 0 Å². The maximum atomic E-state index is 13.1. The van der Waals surface area contributed by atoms with E-state index in [-0.39, 0.29) is 16.8 Å². The number of hydrogen-bond donors (Lipinski definition) is 2. The number of nitrogens with one attached hydrogen (secondary N) is 2. The van der Waals surface area contributed by atoms with Crippen molar-refractivity contribution in [3.63, 3.8) is 0 Å². The van der Waals surface area contributed by atoms with E-state index in [1.807, 2.05) is 6.92 Å². The molecule has 0 fully saturated rings.